The molecule has 6 nitrogen and oxygen atoms in total. The molecule has 1 aliphatic carbocycles. The van der Waals surface area contributed by atoms with Gasteiger partial charge in [-0.3, -0.25) is 0 Å². The van der Waals surface area contributed by atoms with Gasteiger partial charge in [0.1, 0.15) is 0 Å². The van der Waals surface area contributed by atoms with Gasteiger partial charge in [-0.1, -0.05) is 26.8 Å². The van der Waals surface area contributed by atoms with Gasteiger partial charge in [0.15, 0.2) is 5.96 Å². The molecule has 2 fully saturated rings. The van der Waals surface area contributed by atoms with E-state index in [9.17, 15) is 0 Å². The van der Waals surface area contributed by atoms with Crippen molar-refractivity contribution in [3.8, 4) is 5.88 Å². The van der Waals surface area contributed by atoms with E-state index in [1.165, 1.54) is 0 Å². The molecule has 3 unspecified atom stereocenters. The first kappa shape index (κ1) is 19.0. The third-order valence-electron chi connectivity index (χ3n) is 5.41. The summed E-state index contributed by atoms with van der Waals surface area (Å²) in [4.78, 5) is 9.10. The van der Waals surface area contributed by atoms with Gasteiger partial charge in [0.2, 0.25) is 5.88 Å². The van der Waals surface area contributed by atoms with Gasteiger partial charge in [-0.25, -0.2) is 9.98 Å². The molecule has 26 heavy (non-hydrogen) atoms. The minimum absolute atomic E-state index is 0.136. The Morgan fingerprint density at radius 3 is 2.92 bits per heavy atom. The van der Waals surface area contributed by atoms with Crippen molar-refractivity contribution in [2.24, 2.45) is 16.3 Å². The second-order valence-corrected chi connectivity index (χ2v) is 7.74. The van der Waals surface area contributed by atoms with Gasteiger partial charge in [-0.05, 0) is 25.3 Å². The van der Waals surface area contributed by atoms with Crippen molar-refractivity contribution in [1.29, 1.82) is 0 Å². The van der Waals surface area contributed by atoms with Crippen molar-refractivity contribution in [3.05, 3.63) is 23.9 Å². The van der Waals surface area contributed by atoms with E-state index in [0.717, 1.165) is 37.5 Å². The maximum atomic E-state index is 5.89. The Hall–Kier alpha value is -1.82. The number of nitrogens with one attached hydrogen (secondary N) is 2. The van der Waals surface area contributed by atoms with E-state index < -0.39 is 0 Å². The molecule has 144 valence electrons. The smallest absolute Gasteiger partial charge is 0.213 e. The fraction of sp³-hybridized carbons (Fsp3) is 0.700. The maximum Gasteiger partial charge on any atom is 0.213 e. The molecule has 0 bridgehead atoms. The zero-order chi connectivity index (χ0) is 18.6. The number of ether oxygens (including phenoxy) is 2. The third-order valence-corrected chi connectivity index (χ3v) is 5.41. The minimum Gasteiger partial charge on any atom is -0.478 e. The summed E-state index contributed by atoms with van der Waals surface area (Å²) in [6.45, 7) is 11.7. The summed E-state index contributed by atoms with van der Waals surface area (Å²) in [5.41, 5.74) is 1.21. The minimum atomic E-state index is 0.136. The normalized spacial score (nSPS) is 26.8. The topological polar surface area (TPSA) is 67.8 Å². The Kier molecular flexibility index (Phi) is 6.01. The van der Waals surface area contributed by atoms with Crippen LogP contribution in [-0.2, 0) is 11.3 Å². The van der Waals surface area contributed by atoms with E-state index in [1.807, 2.05) is 18.3 Å². The Morgan fingerprint density at radius 2 is 2.23 bits per heavy atom. The highest BCUT2D eigenvalue weighted by molar-refractivity contribution is 5.80. The summed E-state index contributed by atoms with van der Waals surface area (Å²) in [5.74, 6) is 2.13. The first-order chi connectivity index (χ1) is 12.6. The second-order valence-electron chi connectivity index (χ2n) is 7.74. The van der Waals surface area contributed by atoms with Gasteiger partial charge in [-0.15, -0.1) is 0 Å². The number of aliphatic imine (C=N–C) groups is 1. The van der Waals surface area contributed by atoms with Gasteiger partial charge < -0.3 is 20.1 Å². The number of rotatable bonds is 7. The zero-order valence-electron chi connectivity index (χ0n) is 16.4. The van der Waals surface area contributed by atoms with Gasteiger partial charge >= 0.3 is 0 Å². The van der Waals surface area contributed by atoms with Crippen LogP contribution in [0.3, 0.4) is 0 Å². The van der Waals surface area contributed by atoms with Crippen LogP contribution in [0.4, 0.5) is 0 Å². The standard InChI is InChI=1S/C20H32N4O2/c1-5-10-25-16-8-7-14(12-22-16)13-23-19(21-6-2)24-17-15-9-11-26-18(15)20(17,3)4/h7-8,12,15,17-18H,5-6,9-11,13H2,1-4H3,(H2,21,23,24). The lowest BCUT2D eigenvalue weighted by Crippen LogP contribution is -2.67. The number of aromatic nitrogens is 1. The number of nitrogens with zero attached hydrogens (tertiary/aromatic N) is 2. The molecule has 6 heteroatoms. The van der Waals surface area contributed by atoms with E-state index >= 15 is 0 Å². The van der Waals surface area contributed by atoms with Crippen molar-refractivity contribution in [2.75, 3.05) is 19.8 Å². The third kappa shape index (κ3) is 3.95. The fourth-order valence-electron chi connectivity index (χ4n) is 4.05. The van der Waals surface area contributed by atoms with Crippen LogP contribution in [0.25, 0.3) is 0 Å². The highest BCUT2D eigenvalue weighted by atomic mass is 16.5. The highest BCUT2D eigenvalue weighted by Gasteiger charge is 2.59. The van der Waals surface area contributed by atoms with Crippen LogP contribution >= 0.6 is 0 Å². The summed E-state index contributed by atoms with van der Waals surface area (Å²) < 4.78 is 11.4. The Morgan fingerprint density at radius 1 is 1.38 bits per heavy atom. The van der Waals surface area contributed by atoms with Crippen molar-refractivity contribution in [3.63, 3.8) is 0 Å². The van der Waals surface area contributed by atoms with E-state index in [2.05, 4.69) is 43.3 Å². The quantitative estimate of drug-likeness (QED) is 0.578. The van der Waals surface area contributed by atoms with E-state index in [4.69, 9.17) is 14.5 Å². The van der Waals surface area contributed by atoms with Crippen molar-refractivity contribution in [2.45, 2.75) is 59.2 Å². The van der Waals surface area contributed by atoms with Crippen LogP contribution in [0.1, 0.15) is 46.1 Å². The average Bonchev–Trinajstić information content (AvgIpc) is 3.10. The lowest BCUT2D eigenvalue weighted by atomic mass is 9.57. The van der Waals surface area contributed by atoms with Crippen LogP contribution in [0.5, 0.6) is 5.88 Å². The predicted octanol–water partition coefficient (Wildman–Crippen LogP) is 2.74. The van der Waals surface area contributed by atoms with Crippen LogP contribution in [0.15, 0.2) is 23.3 Å². The van der Waals surface area contributed by atoms with Crippen molar-refractivity contribution in [1.82, 2.24) is 15.6 Å². The van der Waals surface area contributed by atoms with Crippen LogP contribution < -0.4 is 15.4 Å². The van der Waals surface area contributed by atoms with Crippen molar-refractivity contribution >= 4 is 5.96 Å². The number of pyridine rings is 1. The van der Waals surface area contributed by atoms with Crippen molar-refractivity contribution < 1.29 is 9.47 Å². The van der Waals surface area contributed by atoms with Gasteiger partial charge in [0, 0.05) is 42.8 Å². The fourth-order valence-corrected chi connectivity index (χ4v) is 4.05. The lowest BCUT2D eigenvalue weighted by molar-refractivity contribution is -0.106. The summed E-state index contributed by atoms with van der Waals surface area (Å²) in [7, 11) is 0. The van der Waals surface area contributed by atoms with Crippen LogP contribution in [-0.4, -0.2) is 42.8 Å². The molecule has 1 aliphatic heterocycles. The van der Waals surface area contributed by atoms with E-state index in [1.54, 1.807) is 0 Å². The van der Waals surface area contributed by atoms with Crippen LogP contribution in [0, 0.1) is 11.3 Å². The van der Waals surface area contributed by atoms with Gasteiger partial charge in [0.25, 0.3) is 0 Å². The zero-order valence-corrected chi connectivity index (χ0v) is 16.4. The molecule has 2 aliphatic rings. The Bertz CT molecular complexity index is 615. The molecule has 3 atom stereocenters. The number of hydrogen-bond donors (Lipinski definition) is 2. The summed E-state index contributed by atoms with van der Waals surface area (Å²) >= 11 is 0. The predicted molar refractivity (Wildman–Crippen MR) is 103 cm³/mol. The van der Waals surface area contributed by atoms with Crippen LogP contribution in [0.2, 0.25) is 0 Å². The molecule has 2 heterocycles. The SMILES string of the molecule is CCCOc1ccc(CN=C(NCC)NC2C3CCOC3C2(C)C)cn1. The first-order valence-corrected chi connectivity index (χ1v) is 9.80. The maximum absolute atomic E-state index is 5.89. The van der Waals surface area contributed by atoms with E-state index in [-0.39, 0.29) is 5.41 Å². The molecule has 2 N–H and O–H groups in total. The molecule has 3 rings (SSSR count). The summed E-state index contributed by atoms with van der Waals surface area (Å²) in [6.07, 6.45) is 4.33. The number of hydrogen-bond acceptors (Lipinski definition) is 4. The van der Waals surface area contributed by atoms with Gasteiger partial charge in [0.05, 0.1) is 19.3 Å². The molecule has 1 saturated carbocycles. The molecule has 0 radical (unpaired) electrons. The molecule has 0 aromatic carbocycles. The molecule has 1 aromatic heterocycles. The second kappa shape index (κ2) is 8.25. The average molecular weight is 361 g/mol. The van der Waals surface area contributed by atoms with E-state index in [0.29, 0.717) is 37.1 Å². The molecule has 1 saturated heterocycles. The summed E-state index contributed by atoms with van der Waals surface area (Å²) in [5, 5.41) is 7.00. The Balaban J connectivity index is 1.60. The number of guanidine groups is 1. The number of fused-ring (bicyclic) bond motifs is 1. The summed E-state index contributed by atoms with van der Waals surface area (Å²) in [6, 6.07) is 4.34. The molecule has 0 amide bonds. The molecule has 0 spiro atoms. The molecular formula is C20H32N4O2. The lowest BCUT2D eigenvalue weighted by Gasteiger charge is -2.54. The first-order valence-electron chi connectivity index (χ1n) is 9.80. The Labute approximate surface area is 156 Å². The van der Waals surface area contributed by atoms with Gasteiger partial charge in [-0.2, -0.15) is 0 Å². The highest BCUT2D eigenvalue weighted by Crippen LogP contribution is 2.52. The molecular weight excluding hydrogens is 328 g/mol. The molecule has 1 aromatic rings. The largest absolute Gasteiger partial charge is 0.478 e. The monoisotopic (exact) mass is 360 g/mol.